The lowest BCUT2D eigenvalue weighted by molar-refractivity contribution is -0.134. The molecule has 1 amide bonds. The van der Waals surface area contributed by atoms with Crippen LogP contribution in [0, 0.1) is 0 Å². The molecule has 0 radical (unpaired) electrons. The third-order valence-electron chi connectivity index (χ3n) is 4.12. The molecule has 0 aliphatic carbocycles. The summed E-state index contributed by atoms with van der Waals surface area (Å²) < 4.78 is 5.05. The van der Waals surface area contributed by atoms with E-state index in [0.29, 0.717) is 13.1 Å². The van der Waals surface area contributed by atoms with Crippen LogP contribution in [0.3, 0.4) is 0 Å². The minimum absolute atomic E-state index is 0.0182. The number of carbonyl (C=O) groups excluding carboxylic acids is 2. The molecule has 0 fully saturated rings. The molecular formula is C20H19NO4. The molecule has 0 aromatic heterocycles. The Labute approximate surface area is 146 Å². The number of esters is 1. The maximum absolute atomic E-state index is 12.2. The van der Waals surface area contributed by atoms with E-state index in [9.17, 15) is 14.7 Å². The van der Waals surface area contributed by atoms with Gasteiger partial charge in [0.2, 0.25) is 0 Å². The molecule has 2 aromatic rings. The Kier molecular flexibility index (Phi) is 5.14. The summed E-state index contributed by atoms with van der Waals surface area (Å²) in [5.41, 5.74) is 2.61. The largest absolute Gasteiger partial charge is 0.508 e. The molecule has 1 heterocycles. The number of nitrogens with zero attached hydrogens (tertiary/aromatic N) is 1. The first-order valence-corrected chi connectivity index (χ1v) is 8.12. The molecule has 25 heavy (non-hydrogen) atoms. The van der Waals surface area contributed by atoms with Gasteiger partial charge >= 0.3 is 5.97 Å². The van der Waals surface area contributed by atoms with Crippen LogP contribution >= 0.6 is 0 Å². The van der Waals surface area contributed by atoms with E-state index in [0.717, 1.165) is 6.42 Å². The second kappa shape index (κ2) is 7.66. The van der Waals surface area contributed by atoms with Crippen molar-refractivity contribution >= 4 is 17.4 Å². The zero-order valence-electron chi connectivity index (χ0n) is 13.7. The van der Waals surface area contributed by atoms with Crippen molar-refractivity contribution in [2.75, 3.05) is 19.7 Å². The number of carbonyl (C=O) groups is 2. The molecule has 1 aliphatic heterocycles. The Hall–Kier alpha value is -3.08. The van der Waals surface area contributed by atoms with Crippen molar-refractivity contribution in [3.8, 4) is 5.75 Å². The lowest BCUT2D eigenvalue weighted by atomic mass is 10.00. The number of benzene rings is 2. The lowest BCUT2D eigenvalue weighted by Crippen LogP contribution is -2.37. The van der Waals surface area contributed by atoms with Gasteiger partial charge in [-0.15, -0.1) is 0 Å². The summed E-state index contributed by atoms with van der Waals surface area (Å²) in [6.45, 7) is 0.805. The molecule has 0 saturated heterocycles. The van der Waals surface area contributed by atoms with E-state index in [1.807, 2.05) is 24.3 Å². The van der Waals surface area contributed by atoms with Crippen molar-refractivity contribution in [1.82, 2.24) is 4.90 Å². The molecule has 0 atom stereocenters. The first-order valence-electron chi connectivity index (χ1n) is 8.12. The number of rotatable bonds is 4. The zero-order valence-corrected chi connectivity index (χ0v) is 13.7. The van der Waals surface area contributed by atoms with Crippen LogP contribution in [0.25, 0.3) is 5.57 Å². The van der Waals surface area contributed by atoms with E-state index in [4.69, 9.17) is 4.74 Å². The van der Waals surface area contributed by atoms with Crippen LogP contribution in [-0.2, 0) is 9.53 Å². The fourth-order valence-electron chi connectivity index (χ4n) is 2.74. The van der Waals surface area contributed by atoms with E-state index in [2.05, 4.69) is 12.1 Å². The van der Waals surface area contributed by atoms with Gasteiger partial charge in [0.15, 0.2) is 6.61 Å². The molecule has 3 rings (SSSR count). The van der Waals surface area contributed by atoms with E-state index in [1.54, 1.807) is 11.0 Å². The molecule has 0 unspecified atom stereocenters. The van der Waals surface area contributed by atoms with Crippen LogP contribution < -0.4 is 0 Å². The van der Waals surface area contributed by atoms with Crippen molar-refractivity contribution < 1.29 is 19.4 Å². The fraction of sp³-hybridized carbons (Fsp3) is 0.200. The third kappa shape index (κ3) is 4.26. The van der Waals surface area contributed by atoms with E-state index < -0.39 is 5.97 Å². The predicted octanol–water partition coefficient (Wildman–Crippen LogP) is 2.86. The highest BCUT2D eigenvalue weighted by atomic mass is 16.5. The second-order valence-corrected chi connectivity index (χ2v) is 5.81. The maximum Gasteiger partial charge on any atom is 0.338 e. The highest BCUT2D eigenvalue weighted by Crippen LogP contribution is 2.22. The molecule has 1 N–H and O–H groups in total. The number of amides is 1. The Morgan fingerprint density at radius 3 is 2.56 bits per heavy atom. The second-order valence-electron chi connectivity index (χ2n) is 5.81. The first kappa shape index (κ1) is 16.8. The van der Waals surface area contributed by atoms with Crippen LogP contribution in [0.2, 0.25) is 0 Å². The standard InChI is InChI=1S/C20H19NO4/c22-18-8-4-7-17(13-18)20(24)25-14-19(23)21-11-9-16(10-12-21)15-5-2-1-3-6-15/h1-9,13,22H,10-12,14H2. The van der Waals surface area contributed by atoms with Gasteiger partial charge in [0.05, 0.1) is 5.56 Å². The van der Waals surface area contributed by atoms with Gasteiger partial charge in [-0.2, -0.15) is 0 Å². The Morgan fingerprint density at radius 1 is 1.08 bits per heavy atom. The molecule has 2 aromatic carbocycles. The minimum atomic E-state index is -0.623. The third-order valence-corrected chi connectivity index (χ3v) is 4.12. The molecular weight excluding hydrogens is 318 g/mol. The zero-order chi connectivity index (χ0) is 17.6. The normalized spacial score (nSPS) is 13.9. The van der Waals surface area contributed by atoms with E-state index in [-0.39, 0.29) is 23.8 Å². The first-order chi connectivity index (χ1) is 12.1. The smallest absolute Gasteiger partial charge is 0.338 e. The van der Waals surface area contributed by atoms with Gasteiger partial charge in [-0.05, 0) is 35.8 Å². The average Bonchev–Trinajstić information content (AvgIpc) is 2.66. The van der Waals surface area contributed by atoms with Crippen LogP contribution in [0.1, 0.15) is 22.3 Å². The monoisotopic (exact) mass is 337 g/mol. The lowest BCUT2D eigenvalue weighted by Gasteiger charge is -2.26. The van der Waals surface area contributed by atoms with Crippen LogP contribution in [0.4, 0.5) is 0 Å². The highest BCUT2D eigenvalue weighted by Gasteiger charge is 2.19. The van der Waals surface area contributed by atoms with Gasteiger partial charge in [0, 0.05) is 13.1 Å². The summed E-state index contributed by atoms with van der Waals surface area (Å²) in [5.74, 6) is -0.867. The molecule has 0 bridgehead atoms. The maximum atomic E-state index is 12.2. The summed E-state index contributed by atoms with van der Waals surface area (Å²) in [6.07, 6.45) is 2.81. The number of phenolic OH excluding ortho intramolecular Hbond substituents is 1. The van der Waals surface area contributed by atoms with Gasteiger partial charge in [-0.25, -0.2) is 4.79 Å². The Morgan fingerprint density at radius 2 is 1.88 bits per heavy atom. The van der Waals surface area contributed by atoms with Crippen molar-refractivity contribution in [2.45, 2.75) is 6.42 Å². The number of phenols is 1. The molecule has 1 aliphatic rings. The summed E-state index contributed by atoms with van der Waals surface area (Å²) in [7, 11) is 0. The molecule has 128 valence electrons. The quantitative estimate of drug-likeness (QED) is 0.871. The number of aromatic hydroxyl groups is 1. The van der Waals surface area contributed by atoms with Crippen molar-refractivity contribution in [2.24, 2.45) is 0 Å². The Balaban J connectivity index is 1.53. The summed E-state index contributed by atoms with van der Waals surface area (Å²) in [5, 5.41) is 9.37. The van der Waals surface area contributed by atoms with Crippen LogP contribution in [0.15, 0.2) is 60.7 Å². The van der Waals surface area contributed by atoms with E-state index >= 15 is 0 Å². The number of hydrogen-bond acceptors (Lipinski definition) is 4. The van der Waals surface area contributed by atoms with Crippen LogP contribution in [-0.4, -0.2) is 41.6 Å². The van der Waals surface area contributed by atoms with Gasteiger partial charge in [-0.1, -0.05) is 42.5 Å². The minimum Gasteiger partial charge on any atom is -0.508 e. The van der Waals surface area contributed by atoms with Gasteiger partial charge < -0.3 is 14.7 Å². The van der Waals surface area contributed by atoms with Gasteiger partial charge in [0.25, 0.3) is 5.91 Å². The summed E-state index contributed by atoms with van der Waals surface area (Å²) >= 11 is 0. The summed E-state index contributed by atoms with van der Waals surface area (Å²) in [6, 6.07) is 15.9. The molecule has 5 nitrogen and oxygen atoms in total. The van der Waals surface area contributed by atoms with Crippen molar-refractivity contribution in [3.63, 3.8) is 0 Å². The Bertz CT molecular complexity index is 798. The average molecular weight is 337 g/mol. The van der Waals surface area contributed by atoms with Crippen molar-refractivity contribution in [1.29, 1.82) is 0 Å². The fourth-order valence-corrected chi connectivity index (χ4v) is 2.74. The van der Waals surface area contributed by atoms with E-state index in [1.165, 1.54) is 29.3 Å². The van der Waals surface area contributed by atoms with Crippen molar-refractivity contribution in [3.05, 3.63) is 71.8 Å². The number of hydrogen-bond donors (Lipinski definition) is 1. The van der Waals surface area contributed by atoms with Gasteiger partial charge in [-0.3, -0.25) is 4.79 Å². The number of ether oxygens (including phenoxy) is 1. The molecule has 0 spiro atoms. The molecule has 0 saturated carbocycles. The summed E-state index contributed by atoms with van der Waals surface area (Å²) in [4.78, 5) is 25.8. The topological polar surface area (TPSA) is 66.8 Å². The predicted molar refractivity (Wildman–Crippen MR) is 94.0 cm³/mol. The highest BCUT2D eigenvalue weighted by molar-refractivity contribution is 5.91. The van der Waals surface area contributed by atoms with Gasteiger partial charge in [0.1, 0.15) is 5.75 Å². The SMILES string of the molecule is O=C(OCC(=O)N1CC=C(c2ccccc2)CC1)c1cccc(O)c1. The van der Waals surface area contributed by atoms with Crippen LogP contribution in [0.5, 0.6) is 5.75 Å². The molecule has 5 heteroatoms.